The zero-order valence-corrected chi connectivity index (χ0v) is 12.3. The van der Waals surface area contributed by atoms with Crippen LogP contribution in [0, 0.1) is 12.8 Å². The maximum Gasteiger partial charge on any atom is 0.202 e. The zero-order chi connectivity index (χ0) is 14.1. The highest BCUT2D eigenvalue weighted by Gasteiger charge is 2.20. The Labute approximate surface area is 119 Å². The van der Waals surface area contributed by atoms with Gasteiger partial charge in [0.2, 0.25) is 5.95 Å². The van der Waals surface area contributed by atoms with Gasteiger partial charge in [-0.1, -0.05) is 6.92 Å². The first-order valence-electron chi connectivity index (χ1n) is 7.49. The fourth-order valence-corrected chi connectivity index (χ4v) is 3.04. The van der Waals surface area contributed by atoms with Gasteiger partial charge in [0.05, 0.1) is 0 Å². The van der Waals surface area contributed by atoms with Crippen LogP contribution in [0.1, 0.15) is 25.5 Å². The molecule has 5 nitrogen and oxygen atoms in total. The Kier molecular flexibility index (Phi) is 3.61. The summed E-state index contributed by atoms with van der Waals surface area (Å²) in [6.07, 6.45) is 2.47. The van der Waals surface area contributed by atoms with Crippen LogP contribution in [0.2, 0.25) is 0 Å². The molecule has 0 bridgehead atoms. The number of aromatic nitrogens is 3. The largest absolute Gasteiger partial charge is 0.369 e. The second kappa shape index (κ2) is 5.40. The second-order valence-corrected chi connectivity index (χ2v) is 5.75. The number of nitrogen functional groups attached to an aromatic ring is 1. The maximum absolute atomic E-state index is 6.08. The molecule has 1 aliphatic heterocycles. The van der Waals surface area contributed by atoms with Gasteiger partial charge in [-0.25, -0.2) is 9.97 Å². The molecule has 0 aromatic carbocycles. The van der Waals surface area contributed by atoms with Gasteiger partial charge in [0.1, 0.15) is 5.52 Å². The topological polar surface area (TPSA) is 60.0 Å². The van der Waals surface area contributed by atoms with E-state index >= 15 is 0 Å². The molecule has 0 radical (unpaired) electrons. The minimum Gasteiger partial charge on any atom is -0.369 e. The van der Waals surface area contributed by atoms with E-state index in [0.29, 0.717) is 11.9 Å². The number of imidazole rings is 1. The first kappa shape index (κ1) is 13.4. The van der Waals surface area contributed by atoms with Crippen molar-refractivity contribution < 1.29 is 0 Å². The smallest absolute Gasteiger partial charge is 0.202 e. The van der Waals surface area contributed by atoms with Crippen LogP contribution in [0.25, 0.3) is 11.2 Å². The molecule has 0 atom stereocenters. The van der Waals surface area contributed by atoms with Crippen LogP contribution in [-0.2, 0) is 6.54 Å². The summed E-state index contributed by atoms with van der Waals surface area (Å²) in [4.78, 5) is 11.5. The van der Waals surface area contributed by atoms with Crippen LogP contribution >= 0.6 is 0 Å². The Bertz CT molecular complexity index is 596. The summed E-state index contributed by atoms with van der Waals surface area (Å²) in [7, 11) is 0. The van der Waals surface area contributed by atoms with Crippen LogP contribution in [0.5, 0.6) is 0 Å². The van der Waals surface area contributed by atoms with E-state index in [1.54, 1.807) is 0 Å². The Balaban J connectivity index is 1.80. The summed E-state index contributed by atoms with van der Waals surface area (Å²) < 4.78 is 2.09. The molecule has 1 aliphatic rings. The standard InChI is InChI=1S/C15H23N5/c1-3-19-8-6-12(7-9-19)10-20-14-13(18-15(20)16)5-4-11(2)17-14/h4-5,12H,3,6-10H2,1-2H3,(H2,16,18). The molecule has 2 aromatic heterocycles. The summed E-state index contributed by atoms with van der Waals surface area (Å²) in [5.74, 6) is 1.27. The molecule has 3 heterocycles. The fraction of sp³-hybridized carbons (Fsp3) is 0.600. The molecule has 1 fully saturated rings. The molecule has 1 saturated heterocycles. The Hall–Kier alpha value is -1.62. The normalized spacial score (nSPS) is 17.9. The summed E-state index contributed by atoms with van der Waals surface area (Å²) in [6.45, 7) is 8.72. The Morgan fingerprint density at radius 3 is 2.70 bits per heavy atom. The van der Waals surface area contributed by atoms with Gasteiger partial charge in [-0.05, 0) is 57.5 Å². The number of fused-ring (bicyclic) bond motifs is 1. The van der Waals surface area contributed by atoms with E-state index in [1.807, 2.05) is 19.1 Å². The number of hydrogen-bond acceptors (Lipinski definition) is 4. The number of anilines is 1. The zero-order valence-electron chi connectivity index (χ0n) is 12.3. The van der Waals surface area contributed by atoms with Crippen LogP contribution < -0.4 is 5.73 Å². The third-order valence-electron chi connectivity index (χ3n) is 4.36. The van der Waals surface area contributed by atoms with Crippen LogP contribution in [0.15, 0.2) is 12.1 Å². The van der Waals surface area contributed by atoms with Crippen LogP contribution in [0.3, 0.4) is 0 Å². The van der Waals surface area contributed by atoms with Gasteiger partial charge in [0.15, 0.2) is 5.65 Å². The molecule has 0 aliphatic carbocycles. The van der Waals surface area contributed by atoms with Crippen molar-refractivity contribution in [2.24, 2.45) is 5.92 Å². The van der Waals surface area contributed by atoms with Crippen molar-refractivity contribution in [3.63, 3.8) is 0 Å². The summed E-state index contributed by atoms with van der Waals surface area (Å²) in [5, 5.41) is 0. The lowest BCUT2D eigenvalue weighted by molar-refractivity contribution is 0.182. The summed E-state index contributed by atoms with van der Waals surface area (Å²) in [5.41, 5.74) is 8.92. The molecule has 0 amide bonds. The number of piperidine rings is 1. The van der Waals surface area contributed by atoms with Crippen LogP contribution in [0.4, 0.5) is 5.95 Å². The first-order chi connectivity index (χ1) is 9.67. The Morgan fingerprint density at radius 2 is 2.00 bits per heavy atom. The number of pyridine rings is 1. The lowest BCUT2D eigenvalue weighted by atomic mass is 9.97. The molecule has 20 heavy (non-hydrogen) atoms. The van der Waals surface area contributed by atoms with Crippen molar-refractivity contribution in [3.8, 4) is 0 Å². The quantitative estimate of drug-likeness (QED) is 0.930. The number of nitrogens with two attached hydrogens (primary N) is 1. The number of aryl methyl sites for hydroxylation is 1. The summed E-state index contributed by atoms with van der Waals surface area (Å²) >= 11 is 0. The predicted octanol–water partition coefficient (Wildman–Crippen LogP) is 2.05. The van der Waals surface area contributed by atoms with Crippen molar-refractivity contribution >= 4 is 17.1 Å². The van der Waals surface area contributed by atoms with E-state index in [0.717, 1.165) is 29.9 Å². The van der Waals surface area contributed by atoms with Crippen molar-refractivity contribution in [1.82, 2.24) is 19.4 Å². The van der Waals surface area contributed by atoms with Gasteiger partial charge < -0.3 is 10.6 Å². The molecule has 3 rings (SSSR count). The lowest BCUT2D eigenvalue weighted by Gasteiger charge is -2.31. The predicted molar refractivity (Wildman–Crippen MR) is 81.5 cm³/mol. The first-order valence-corrected chi connectivity index (χ1v) is 7.49. The fourth-order valence-electron chi connectivity index (χ4n) is 3.04. The number of hydrogen-bond donors (Lipinski definition) is 1. The highest BCUT2D eigenvalue weighted by atomic mass is 15.2. The van der Waals surface area contributed by atoms with E-state index in [9.17, 15) is 0 Å². The molecule has 108 valence electrons. The molecule has 0 saturated carbocycles. The highest BCUT2D eigenvalue weighted by Crippen LogP contribution is 2.23. The average molecular weight is 273 g/mol. The van der Waals surface area contributed by atoms with Crippen molar-refractivity contribution in [2.45, 2.75) is 33.2 Å². The molecule has 2 aromatic rings. The molecular formula is C15H23N5. The third kappa shape index (κ3) is 2.50. The Morgan fingerprint density at radius 1 is 1.25 bits per heavy atom. The second-order valence-electron chi connectivity index (χ2n) is 5.75. The SMILES string of the molecule is CCN1CCC(Cn2c(N)nc3ccc(C)nc32)CC1. The number of rotatable bonds is 3. The molecule has 2 N–H and O–H groups in total. The summed E-state index contributed by atoms with van der Waals surface area (Å²) in [6, 6.07) is 3.99. The minimum atomic E-state index is 0.594. The highest BCUT2D eigenvalue weighted by molar-refractivity contribution is 5.74. The average Bonchev–Trinajstić information content (AvgIpc) is 2.76. The molecular weight excluding hydrogens is 250 g/mol. The minimum absolute atomic E-state index is 0.594. The maximum atomic E-state index is 6.08. The van der Waals surface area contributed by atoms with Gasteiger partial charge in [0.25, 0.3) is 0 Å². The van der Waals surface area contributed by atoms with Crippen molar-refractivity contribution in [1.29, 1.82) is 0 Å². The molecule has 0 unspecified atom stereocenters. The van der Waals surface area contributed by atoms with E-state index < -0.39 is 0 Å². The van der Waals surface area contributed by atoms with Gasteiger partial charge in [-0.2, -0.15) is 0 Å². The number of nitrogens with zero attached hydrogens (tertiary/aromatic N) is 4. The van der Waals surface area contributed by atoms with Gasteiger partial charge in [-0.15, -0.1) is 0 Å². The third-order valence-corrected chi connectivity index (χ3v) is 4.36. The lowest BCUT2D eigenvalue weighted by Crippen LogP contribution is -2.34. The van der Waals surface area contributed by atoms with Crippen LogP contribution in [-0.4, -0.2) is 39.1 Å². The van der Waals surface area contributed by atoms with Crippen molar-refractivity contribution in [2.75, 3.05) is 25.4 Å². The van der Waals surface area contributed by atoms with E-state index in [4.69, 9.17) is 5.73 Å². The van der Waals surface area contributed by atoms with Gasteiger partial charge in [0, 0.05) is 12.2 Å². The van der Waals surface area contributed by atoms with E-state index in [2.05, 4.69) is 26.4 Å². The molecule has 0 spiro atoms. The van der Waals surface area contributed by atoms with Gasteiger partial charge in [-0.3, -0.25) is 4.57 Å². The van der Waals surface area contributed by atoms with E-state index in [-0.39, 0.29) is 0 Å². The van der Waals surface area contributed by atoms with Crippen molar-refractivity contribution in [3.05, 3.63) is 17.8 Å². The van der Waals surface area contributed by atoms with Gasteiger partial charge >= 0.3 is 0 Å². The monoisotopic (exact) mass is 273 g/mol. The number of likely N-dealkylation sites (tertiary alicyclic amines) is 1. The van der Waals surface area contributed by atoms with E-state index in [1.165, 1.54) is 25.9 Å². The molecule has 5 heteroatoms.